The van der Waals surface area contributed by atoms with Gasteiger partial charge in [-0.1, -0.05) is 0 Å². The molecule has 2 heterocycles. The summed E-state index contributed by atoms with van der Waals surface area (Å²) in [5.74, 6) is -1.54. The lowest BCUT2D eigenvalue weighted by Crippen LogP contribution is -2.45. The summed E-state index contributed by atoms with van der Waals surface area (Å²) in [4.78, 5) is 14.5. The smallest absolute Gasteiger partial charge is 0.251 e. The normalized spacial score (nSPS) is 29.1. The Morgan fingerprint density at radius 1 is 1.48 bits per heavy atom. The van der Waals surface area contributed by atoms with Crippen molar-refractivity contribution in [2.24, 2.45) is 0 Å². The molecule has 2 N–H and O–H groups in total. The third-order valence-electron chi connectivity index (χ3n) is 4.14. The monoisotopic (exact) mass is 294 g/mol. The van der Waals surface area contributed by atoms with Gasteiger partial charge in [0, 0.05) is 30.7 Å². The van der Waals surface area contributed by atoms with Crippen molar-refractivity contribution in [2.45, 2.75) is 31.5 Å². The van der Waals surface area contributed by atoms with Crippen LogP contribution in [-0.4, -0.2) is 53.8 Å². The number of morpholine rings is 1. The number of fused-ring (bicyclic) bond motifs is 1. The van der Waals surface area contributed by atoms with E-state index in [1.807, 2.05) is 6.92 Å². The number of aromatic hydroxyl groups is 1. The molecule has 2 fully saturated rings. The highest BCUT2D eigenvalue weighted by Crippen LogP contribution is 2.23. The van der Waals surface area contributed by atoms with Gasteiger partial charge in [0.05, 0.1) is 12.7 Å². The highest BCUT2D eigenvalue weighted by molar-refractivity contribution is 5.94. The number of phenols is 1. The van der Waals surface area contributed by atoms with E-state index in [0.717, 1.165) is 25.6 Å². The number of amides is 1. The topological polar surface area (TPSA) is 61.8 Å². The van der Waals surface area contributed by atoms with Crippen LogP contribution in [0.3, 0.4) is 0 Å². The van der Waals surface area contributed by atoms with Gasteiger partial charge in [-0.3, -0.25) is 9.69 Å². The molecule has 0 bridgehead atoms. The number of benzene rings is 1. The zero-order valence-electron chi connectivity index (χ0n) is 11.9. The summed E-state index contributed by atoms with van der Waals surface area (Å²) in [5.41, 5.74) is 0.222. The summed E-state index contributed by atoms with van der Waals surface area (Å²) in [7, 11) is 0. The highest BCUT2D eigenvalue weighted by Gasteiger charge is 2.36. The molecule has 3 rings (SSSR count). The molecular formula is C15H19FN2O3. The Kier molecular flexibility index (Phi) is 3.82. The minimum absolute atomic E-state index is 0.0493. The Balaban J connectivity index is 1.62. The highest BCUT2D eigenvalue weighted by atomic mass is 19.1. The van der Waals surface area contributed by atoms with Gasteiger partial charge < -0.3 is 15.2 Å². The Morgan fingerprint density at radius 3 is 3.05 bits per heavy atom. The van der Waals surface area contributed by atoms with E-state index in [9.17, 15) is 9.18 Å². The zero-order chi connectivity index (χ0) is 15.0. The molecular weight excluding hydrogens is 275 g/mol. The van der Waals surface area contributed by atoms with Crippen LogP contribution in [0, 0.1) is 5.82 Å². The van der Waals surface area contributed by atoms with Crippen LogP contribution < -0.4 is 5.32 Å². The first-order valence-electron chi connectivity index (χ1n) is 7.18. The lowest BCUT2D eigenvalue weighted by molar-refractivity contribution is -0.0390. The molecule has 0 aliphatic carbocycles. The predicted molar refractivity (Wildman–Crippen MR) is 74.7 cm³/mol. The summed E-state index contributed by atoms with van der Waals surface area (Å²) in [5, 5.41) is 12.1. The number of nitrogens with one attached hydrogen (secondary N) is 1. The number of rotatable bonds is 2. The molecule has 0 aromatic heterocycles. The average Bonchev–Trinajstić information content (AvgIpc) is 2.83. The number of ether oxygens (including phenoxy) is 1. The van der Waals surface area contributed by atoms with Crippen LogP contribution in [-0.2, 0) is 4.74 Å². The average molecular weight is 294 g/mol. The van der Waals surface area contributed by atoms with E-state index in [1.165, 1.54) is 12.1 Å². The van der Waals surface area contributed by atoms with Crippen molar-refractivity contribution in [3.8, 4) is 5.75 Å². The summed E-state index contributed by atoms with van der Waals surface area (Å²) in [6, 6.07) is 4.06. The second-order valence-electron chi connectivity index (χ2n) is 5.82. The fourth-order valence-electron chi connectivity index (χ4n) is 3.06. The van der Waals surface area contributed by atoms with Gasteiger partial charge in [0.1, 0.15) is 0 Å². The first-order chi connectivity index (χ1) is 10.0. The number of hydrogen-bond donors (Lipinski definition) is 2. The lowest BCUT2D eigenvalue weighted by atomic mass is 10.1. The number of carbonyl (C=O) groups is 1. The SMILES string of the molecule is C[C@@H]1CN2C[C@@H](NC(=O)c3ccc(O)c(F)c3)C[C@H]2CO1. The van der Waals surface area contributed by atoms with E-state index in [1.54, 1.807) is 0 Å². The Hall–Kier alpha value is -1.66. The predicted octanol–water partition coefficient (Wildman–Crippen LogP) is 1.12. The quantitative estimate of drug-likeness (QED) is 0.858. The fraction of sp³-hybridized carbons (Fsp3) is 0.533. The number of nitrogens with zero attached hydrogens (tertiary/aromatic N) is 1. The van der Waals surface area contributed by atoms with E-state index < -0.39 is 11.6 Å². The van der Waals surface area contributed by atoms with Gasteiger partial charge in [0.25, 0.3) is 5.91 Å². The third kappa shape index (κ3) is 3.01. The minimum Gasteiger partial charge on any atom is -0.505 e. The van der Waals surface area contributed by atoms with Crippen molar-refractivity contribution in [3.05, 3.63) is 29.6 Å². The molecule has 3 atom stereocenters. The van der Waals surface area contributed by atoms with Crippen LogP contribution in [0.1, 0.15) is 23.7 Å². The molecule has 1 aromatic rings. The number of phenolic OH excluding ortho intramolecular Hbond substituents is 1. The van der Waals surface area contributed by atoms with Crippen molar-refractivity contribution in [2.75, 3.05) is 19.7 Å². The summed E-state index contributed by atoms with van der Waals surface area (Å²) < 4.78 is 18.9. The van der Waals surface area contributed by atoms with Crippen molar-refractivity contribution in [1.82, 2.24) is 10.2 Å². The molecule has 2 saturated heterocycles. The molecule has 0 spiro atoms. The van der Waals surface area contributed by atoms with Crippen LogP contribution in [0.4, 0.5) is 4.39 Å². The molecule has 21 heavy (non-hydrogen) atoms. The van der Waals surface area contributed by atoms with Crippen molar-refractivity contribution < 1.29 is 19.0 Å². The number of hydrogen-bond acceptors (Lipinski definition) is 4. The first-order valence-corrected chi connectivity index (χ1v) is 7.18. The second kappa shape index (κ2) is 5.61. The molecule has 0 saturated carbocycles. The van der Waals surface area contributed by atoms with Gasteiger partial charge in [-0.05, 0) is 31.5 Å². The Morgan fingerprint density at radius 2 is 2.29 bits per heavy atom. The van der Waals surface area contributed by atoms with Crippen LogP contribution in [0.5, 0.6) is 5.75 Å². The van der Waals surface area contributed by atoms with E-state index in [4.69, 9.17) is 9.84 Å². The molecule has 1 amide bonds. The van der Waals surface area contributed by atoms with Crippen LogP contribution in [0.2, 0.25) is 0 Å². The number of carbonyl (C=O) groups excluding carboxylic acids is 1. The molecule has 5 nitrogen and oxygen atoms in total. The molecule has 2 aliphatic heterocycles. The number of halogens is 1. The summed E-state index contributed by atoms with van der Waals surface area (Å²) in [6.07, 6.45) is 1.07. The van der Waals surface area contributed by atoms with E-state index >= 15 is 0 Å². The molecule has 114 valence electrons. The van der Waals surface area contributed by atoms with Gasteiger partial charge in [-0.2, -0.15) is 0 Å². The fourth-order valence-corrected chi connectivity index (χ4v) is 3.06. The summed E-state index contributed by atoms with van der Waals surface area (Å²) in [6.45, 7) is 4.41. The maximum absolute atomic E-state index is 13.3. The largest absolute Gasteiger partial charge is 0.505 e. The van der Waals surface area contributed by atoms with Gasteiger partial charge in [0.2, 0.25) is 0 Å². The molecule has 2 aliphatic rings. The van der Waals surface area contributed by atoms with Crippen LogP contribution >= 0.6 is 0 Å². The van der Waals surface area contributed by atoms with E-state index in [2.05, 4.69) is 10.2 Å². The molecule has 0 radical (unpaired) electrons. The first kappa shape index (κ1) is 14.3. The van der Waals surface area contributed by atoms with E-state index in [0.29, 0.717) is 12.6 Å². The van der Waals surface area contributed by atoms with Crippen molar-refractivity contribution in [1.29, 1.82) is 0 Å². The minimum atomic E-state index is -0.784. The zero-order valence-corrected chi connectivity index (χ0v) is 11.9. The van der Waals surface area contributed by atoms with Gasteiger partial charge >= 0.3 is 0 Å². The summed E-state index contributed by atoms with van der Waals surface area (Å²) >= 11 is 0. The maximum Gasteiger partial charge on any atom is 0.251 e. The van der Waals surface area contributed by atoms with Crippen LogP contribution in [0.15, 0.2) is 18.2 Å². The van der Waals surface area contributed by atoms with E-state index in [-0.39, 0.29) is 23.6 Å². The van der Waals surface area contributed by atoms with Crippen molar-refractivity contribution >= 4 is 5.91 Å². The van der Waals surface area contributed by atoms with Gasteiger partial charge in [-0.15, -0.1) is 0 Å². The molecule has 6 heteroatoms. The van der Waals surface area contributed by atoms with Gasteiger partial charge in [0.15, 0.2) is 11.6 Å². The van der Waals surface area contributed by atoms with Crippen molar-refractivity contribution in [3.63, 3.8) is 0 Å². The maximum atomic E-state index is 13.3. The lowest BCUT2D eigenvalue weighted by Gasteiger charge is -2.33. The van der Waals surface area contributed by atoms with Gasteiger partial charge in [-0.25, -0.2) is 4.39 Å². The third-order valence-corrected chi connectivity index (χ3v) is 4.14. The molecule has 0 unspecified atom stereocenters. The van der Waals surface area contributed by atoms with Crippen LogP contribution in [0.25, 0.3) is 0 Å². The second-order valence-corrected chi connectivity index (χ2v) is 5.82. The standard InChI is InChI=1S/C15H19FN2O3/c1-9-6-18-7-11(5-12(18)8-21-9)17-15(20)10-2-3-14(19)13(16)4-10/h2-4,9,11-12,19H,5-8H2,1H3,(H,17,20)/t9-,11+,12+/m1/s1. The molecule has 1 aromatic carbocycles. The Bertz CT molecular complexity index is 552. The Labute approximate surface area is 122 Å².